The number of nitrogens with zero attached hydrogens (tertiary/aromatic N) is 1. The van der Waals surface area contributed by atoms with E-state index in [2.05, 4.69) is 4.98 Å². The predicted molar refractivity (Wildman–Crippen MR) is 118 cm³/mol. The highest BCUT2D eigenvalue weighted by Gasteiger charge is 2.30. The summed E-state index contributed by atoms with van der Waals surface area (Å²) in [5, 5.41) is -0.947. The fourth-order valence-corrected chi connectivity index (χ4v) is 4.43. The van der Waals surface area contributed by atoms with E-state index in [4.69, 9.17) is 4.74 Å². The minimum absolute atomic E-state index is 0.00116. The van der Waals surface area contributed by atoms with Gasteiger partial charge in [-0.15, -0.1) is 0 Å². The van der Waals surface area contributed by atoms with Crippen LogP contribution in [0, 0.1) is 0 Å². The van der Waals surface area contributed by atoms with Crippen molar-refractivity contribution in [2.45, 2.75) is 25.6 Å². The van der Waals surface area contributed by atoms with Gasteiger partial charge >= 0.3 is 5.97 Å². The van der Waals surface area contributed by atoms with Crippen LogP contribution in [0.2, 0.25) is 0 Å². The van der Waals surface area contributed by atoms with Crippen LogP contribution in [0.1, 0.15) is 35.6 Å². The molecule has 2 aromatic carbocycles. The molecule has 1 heterocycles. The second-order valence-corrected chi connectivity index (χ2v) is 9.37. The number of esters is 1. The monoisotopic (exact) mass is 440 g/mol. The molecule has 0 saturated heterocycles. The summed E-state index contributed by atoms with van der Waals surface area (Å²) in [7, 11) is -3.86. The van der Waals surface area contributed by atoms with Crippen LogP contribution >= 0.6 is 0 Å². The molecule has 1 aromatic heterocycles. The smallest absolute Gasteiger partial charge is 0.302 e. The molecule has 0 amide bonds. The van der Waals surface area contributed by atoms with Crippen LogP contribution in [0.5, 0.6) is 0 Å². The van der Waals surface area contributed by atoms with Crippen LogP contribution in [0.15, 0.2) is 72.8 Å². The largest absolute Gasteiger partial charge is 0.464 e. The lowest BCUT2D eigenvalue weighted by atomic mass is 10.1. The van der Waals surface area contributed by atoms with E-state index in [0.29, 0.717) is 22.6 Å². The summed E-state index contributed by atoms with van der Waals surface area (Å²) in [4.78, 5) is 26.8. The van der Waals surface area contributed by atoms with Crippen LogP contribution in [0.25, 0.3) is 0 Å². The van der Waals surface area contributed by atoms with Gasteiger partial charge in [0, 0.05) is 18.2 Å². The number of anilines is 1. The highest BCUT2D eigenvalue weighted by Crippen LogP contribution is 2.24. The number of aromatic amines is 1. The van der Waals surface area contributed by atoms with Crippen LogP contribution < -0.4 is 4.31 Å². The molecule has 0 radical (unpaired) electrons. The average Bonchev–Trinajstić information content (AvgIpc) is 3.25. The third kappa shape index (κ3) is 5.40. The normalized spacial score (nSPS) is 12.2. The van der Waals surface area contributed by atoms with Gasteiger partial charge in [0.05, 0.1) is 17.9 Å². The van der Waals surface area contributed by atoms with Gasteiger partial charge in [0.25, 0.3) is 0 Å². The van der Waals surface area contributed by atoms with Gasteiger partial charge in [-0.2, -0.15) is 0 Å². The lowest BCUT2D eigenvalue weighted by molar-refractivity contribution is -0.140. The first-order valence-electron chi connectivity index (χ1n) is 9.76. The van der Waals surface area contributed by atoms with Gasteiger partial charge in [0.15, 0.2) is 0 Å². The standard InChI is InChI=1S/C23H24N2O5S/c1-17(16-30-18(2)26)31(28,29)25(21-11-7-4-8-12-21)15-20-13-14-22(24-20)23(27)19-9-5-3-6-10-19/h3-14,17,24H,15-16H2,1-2H3. The van der Waals surface area contributed by atoms with Crippen LogP contribution in [0.4, 0.5) is 5.69 Å². The number of carbonyl (C=O) groups is 2. The van der Waals surface area contributed by atoms with Crippen LogP contribution in [-0.4, -0.2) is 37.0 Å². The number of carbonyl (C=O) groups excluding carboxylic acids is 2. The Balaban J connectivity index is 1.87. The molecule has 3 rings (SSSR count). The Morgan fingerprint density at radius 3 is 2.19 bits per heavy atom. The van der Waals surface area contributed by atoms with Crippen molar-refractivity contribution in [2.24, 2.45) is 0 Å². The van der Waals surface area contributed by atoms with Gasteiger partial charge in [0.2, 0.25) is 15.8 Å². The number of ether oxygens (including phenoxy) is 1. The Hall–Kier alpha value is -3.39. The number of para-hydroxylation sites is 1. The summed E-state index contributed by atoms with van der Waals surface area (Å²) in [5.41, 5.74) is 1.95. The van der Waals surface area contributed by atoms with Gasteiger partial charge < -0.3 is 9.72 Å². The molecule has 0 aliphatic rings. The Morgan fingerprint density at radius 2 is 1.58 bits per heavy atom. The fraction of sp³-hybridized carbons (Fsp3) is 0.217. The van der Waals surface area contributed by atoms with Crippen molar-refractivity contribution in [3.8, 4) is 0 Å². The maximum absolute atomic E-state index is 13.3. The number of hydrogen-bond donors (Lipinski definition) is 1. The molecule has 31 heavy (non-hydrogen) atoms. The number of rotatable bonds is 9. The lowest BCUT2D eigenvalue weighted by Gasteiger charge is -2.27. The molecule has 0 saturated carbocycles. The zero-order valence-electron chi connectivity index (χ0n) is 17.3. The SMILES string of the molecule is CC(=O)OCC(C)S(=O)(=O)N(Cc1ccc(C(=O)c2ccccc2)[nH]1)c1ccccc1. The molecule has 0 spiro atoms. The summed E-state index contributed by atoms with van der Waals surface area (Å²) in [6.45, 7) is 2.48. The molecule has 0 aliphatic heterocycles. The molecule has 7 nitrogen and oxygen atoms in total. The Labute approximate surface area is 181 Å². The molecule has 8 heteroatoms. The van der Waals surface area contributed by atoms with Crippen molar-refractivity contribution in [1.82, 2.24) is 4.98 Å². The summed E-state index contributed by atoms with van der Waals surface area (Å²) in [5.74, 6) is -0.717. The highest BCUT2D eigenvalue weighted by atomic mass is 32.2. The van der Waals surface area contributed by atoms with Gasteiger partial charge in [0.1, 0.15) is 11.9 Å². The second-order valence-electron chi connectivity index (χ2n) is 7.09. The average molecular weight is 441 g/mol. The van der Waals surface area contributed by atoms with Gasteiger partial charge in [-0.1, -0.05) is 48.5 Å². The van der Waals surface area contributed by atoms with E-state index >= 15 is 0 Å². The van der Waals surface area contributed by atoms with E-state index in [-0.39, 0.29) is 18.9 Å². The van der Waals surface area contributed by atoms with Crippen LogP contribution in [0.3, 0.4) is 0 Å². The summed E-state index contributed by atoms with van der Waals surface area (Å²) >= 11 is 0. The Bertz CT molecular complexity index is 1140. The molecule has 1 N–H and O–H groups in total. The maximum Gasteiger partial charge on any atom is 0.302 e. The van der Waals surface area contributed by atoms with Crippen LogP contribution in [-0.2, 0) is 26.1 Å². The maximum atomic E-state index is 13.3. The number of benzene rings is 2. The van der Waals surface area contributed by atoms with E-state index < -0.39 is 21.2 Å². The minimum Gasteiger partial charge on any atom is -0.464 e. The summed E-state index contributed by atoms with van der Waals surface area (Å²) in [6.07, 6.45) is 0. The second kappa shape index (κ2) is 9.61. The number of ketones is 1. The molecule has 1 unspecified atom stereocenters. The predicted octanol–water partition coefficient (Wildman–Crippen LogP) is 3.53. The number of H-pyrrole nitrogens is 1. The number of hydrogen-bond acceptors (Lipinski definition) is 5. The highest BCUT2D eigenvalue weighted by molar-refractivity contribution is 7.93. The van der Waals surface area contributed by atoms with E-state index in [0.717, 1.165) is 0 Å². The number of nitrogens with one attached hydrogen (secondary N) is 1. The van der Waals surface area contributed by atoms with Gasteiger partial charge in [-0.25, -0.2) is 8.42 Å². The summed E-state index contributed by atoms with van der Waals surface area (Å²) < 4.78 is 32.7. The van der Waals surface area contributed by atoms with Gasteiger partial charge in [-0.05, 0) is 31.2 Å². The van der Waals surface area contributed by atoms with Crippen molar-refractivity contribution in [2.75, 3.05) is 10.9 Å². The first-order valence-corrected chi connectivity index (χ1v) is 11.3. The Morgan fingerprint density at radius 1 is 0.968 bits per heavy atom. The quantitative estimate of drug-likeness (QED) is 0.406. The van der Waals surface area contributed by atoms with Crippen molar-refractivity contribution in [3.63, 3.8) is 0 Å². The lowest BCUT2D eigenvalue weighted by Crippen LogP contribution is -2.39. The number of sulfonamides is 1. The van der Waals surface area contributed by atoms with Crippen molar-refractivity contribution < 1.29 is 22.7 Å². The third-order valence-corrected chi connectivity index (χ3v) is 6.83. The Kier molecular flexibility index (Phi) is 6.91. The molecular weight excluding hydrogens is 416 g/mol. The molecule has 0 fully saturated rings. The van der Waals surface area contributed by atoms with Crippen molar-refractivity contribution in [1.29, 1.82) is 0 Å². The molecule has 0 aliphatic carbocycles. The van der Waals surface area contributed by atoms with E-state index in [1.54, 1.807) is 66.7 Å². The van der Waals surface area contributed by atoms with E-state index in [1.807, 2.05) is 6.07 Å². The van der Waals surface area contributed by atoms with Crippen molar-refractivity contribution in [3.05, 3.63) is 89.7 Å². The molecular formula is C23H24N2O5S. The summed E-state index contributed by atoms with van der Waals surface area (Å²) in [6, 6.07) is 20.8. The minimum atomic E-state index is -3.86. The number of aromatic nitrogens is 1. The van der Waals surface area contributed by atoms with Gasteiger partial charge in [-0.3, -0.25) is 13.9 Å². The topological polar surface area (TPSA) is 96.5 Å². The molecule has 162 valence electrons. The molecule has 0 bridgehead atoms. The third-order valence-electron chi connectivity index (χ3n) is 4.72. The zero-order valence-corrected chi connectivity index (χ0v) is 18.1. The van der Waals surface area contributed by atoms with E-state index in [9.17, 15) is 18.0 Å². The first-order chi connectivity index (χ1) is 14.8. The zero-order chi connectivity index (χ0) is 22.4. The molecule has 1 atom stereocenters. The fourth-order valence-electron chi connectivity index (χ4n) is 3.03. The van der Waals surface area contributed by atoms with Crippen molar-refractivity contribution >= 4 is 27.5 Å². The van der Waals surface area contributed by atoms with E-state index in [1.165, 1.54) is 18.2 Å². The first kappa shape index (κ1) is 22.3. The molecule has 3 aromatic rings.